The lowest BCUT2D eigenvalue weighted by Gasteiger charge is -2.24. The minimum Gasteiger partial charge on any atom is -0.492 e. The van der Waals surface area contributed by atoms with Gasteiger partial charge in [-0.25, -0.2) is 0 Å². The lowest BCUT2D eigenvalue weighted by atomic mass is 9.85. The van der Waals surface area contributed by atoms with Crippen molar-refractivity contribution in [1.82, 2.24) is 10.6 Å². The van der Waals surface area contributed by atoms with Crippen molar-refractivity contribution in [2.45, 2.75) is 51.1 Å². The van der Waals surface area contributed by atoms with Crippen LogP contribution in [-0.2, 0) is 4.79 Å². The zero-order chi connectivity index (χ0) is 15.4. The number of benzene rings is 1. The van der Waals surface area contributed by atoms with Crippen molar-refractivity contribution >= 4 is 18.3 Å². The topological polar surface area (TPSA) is 50.4 Å². The molecule has 4 nitrogen and oxygen atoms in total. The molecule has 0 spiro atoms. The Balaban J connectivity index is 0.00000192. The molecule has 1 saturated carbocycles. The standard InChI is InChI=1S/C18H26N2O2.ClH/c1-13-6-8-15(9-7-13)22-11-10-19-18(21)17-12-14-4-2-3-5-16(14)20-17;/h6-9,14,16-17,20H,2-5,10-12H2,1H3,(H,19,21);1H. The molecule has 2 fully saturated rings. The average Bonchev–Trinajstić information content (AvgIpc) is 2.97. The Bertz CT molecular complexity index is 492. The van der Waals surface area contributed by atoms with Crippen LogP contribution < -0.4 is 15.4 Å². The molecule has 1 aliphatic carbocycles. The number of nitrogens with one attached hydrogen (secondary N) is 2. The summed E-state index contributed by atoms with van der Waals surface area (Å²) in [5, 5.41) is 6.49. The highest BCUT2D eigenvalue weighted by molar-refractivity contribution is 5.85. The first kappa shape index (κ1) is 18.1. The number of fused-ring (bicyclic) bond motifs is 1. The SMILES string of the molecule is Cc1ccc(OCCNC(=O)C2CC3CCCCC3N2)cc1.Cl. The van der Waals surface area contributed by atoms with Crippen molar-refractivity contribution in [3.05, 3.63) is 29.8 Å². The zero-order valence-corrected chi connectivity index (χ0v) is 14.5. The summed E-state index contributed by atoms with van der Waals surface area (Å²) in [7, 11) is 0. The summed E-state index contributed by atoms with van der Waals surface area (Å²) in [4.78, 5) is 12.2. The van der Waals surface area contributed by atoms with E-state index in [4.69, 9.17) is 4.74 Å². The number of amides is 1. The van der Waals surface area contributed by atoms with E-state index in [1.54, 1.807) is 0 Å². The summed E-state index contributed by atoms with van der Waals surface area (Å²) in [6, 6.07) is 8.53. The number of rotatable bonds is 5. The molecule has 0 radical (unpaired) electrons. The van der Waals surface area contributed by atoms with Crippen molar-refractivity contribution in [2.75, 3.05) is 13.2 Å². The first-order valence-electron chi connectivity index (χ1n) is 8.45. The lowest BCUT2D eigenvalue weighted by molar-refractivity contribution is -0.123. The Morgan fingerprint density at radius 2 is 2.00 bits per heavy atom. The Kier molecular flexibility index (Phi) is 6.72. The largest absolute Gasteiger partial charge is 0.492 e. The quantitative estimate of drug-likeness (QED) is 0.812. The maximum Gasteiger partial charge on any atom is 0.237 e. The van der Waals surface area contributed by atoms with Gasteiger partial charge in [0.15, 0.2) is 0 Å². The van der Waals surface area contributed by atoms with Crippen LogP contribution in [0.15, 0.2) is 24.3 Å². The van der Waals surface area contributed by atoms with Gasteiger partial charge in [-0.15, -0.1) is 12.4 Å². The maximum absolute atomic E-state index is 12.2. The fraction of sp³-hybridized carbons (Fsp3) is 0.611. The van der Waals surface area contributed by atoms with Crippen LogP contribution in [0.3, 0.4) is 0 Å². The number of hydrogen-bond donors (Lipinski definition) is 2. The fourth-order valence-corrected chi connectivity index (χ4v) is 3.62. The molecule has 3 rings (SSSR count). The summed E-state index contributed by atoms with van der Waals surface area (Å²) in [6.07, 6.45) is 6.12. The van der Waals surface area contributed by atoms with E-state index in [0.29, 0.717) is 25.1 Å². The monoisotopic (exact) mass is 338 g/mol. The van der Waals surface area contributed by atoms with E-state index >= 15 is 0 Å². The molecule has 0 bridgehead atoms. The van der Waals surface area contributed by atoms with Gasteiger partial charge in [-0.2, -0.15) is 0 Å². The van der Waals surface area contributed by atoms with E-state index in [1.807, 2.05) is 24.3 Å². The molecule has 23 heavy (non-hydrogen) atoms. The summed E-state index contributed by atoms with van der Waals surface area (Å²) < 4.78 is 5.63. The van der Waals surface area contributed by atoms with Crippen molar-refractivity contribution < 1.29 is 9.53 Å². The van der Waals surface area contributed by atoms with E-state index < -0.39 is 0 Å². The van der Waals surface area contributed by atoms with Crippen LogP contribution in [0.25, 0.3) is 0 Å². The highest BCUT2D eigenvalue weighted by Crippen LogP contribution is 2.33. The second kappa shape index (κ2) is 8.55. The molecule has 1 aromatic rings. The average molecular weight is 339 g/mol. The number of halogens is 1. The minimum atomic E-state index is -0.00697. The molecule has 2 N–H and O–H groups in total. The molecule has 1 amide bonds. The van der Waals surface area contributed by atoms with Crippen LogP contribution in [0.5, 0.6) is 5.75 Å². The molecule has 1 heterocycles. The highest BCUT2D eigenvalue weighted by atomic mass is 35.5. The summed E-state index contributed by atoms with van der Waals surface area (Å²) >= 11 is 0. The van der Waals surface area contributed by atoms with Gasteiger partial charge in [-0.05, 0) is 44.2 Å². The van der Waals surface area contributed by atoms with Gasteiger partial charge in [0.05, 0.1) is 12.6 Å². The molecule has 1 aromatic carbocycles. The molecule has 3 unspecified atom stereocenters. The van der Waals surface area contributed by atoms with Crippen LogP contribution in [0.4, 0.5) is 0 Å². The van der Waals surface area contributed by atoms with Crippen molar-refractivity contribution in [1.29, 1.82) is 0 Å². The van der Waals surface area contributed by atoms with Crippen LogP contribution in [0.1, 0.15) is 37.7 Å². The molecule has 1 saturated heterocycles. The van der Waals surface area contributed by atoms with Crippen LogP contribution in [0.2, 0.25) is 0 Å². The molecule has 5 heteroatoms. The zero-order valence-electron chi connectivity index (χ0n) is 13.7. The summed E-state index contributed by atoms with van der Waals surface area (Å²) in [5.74, 6) is 1.68. The van der Waals surface area contributed by atoms with Gasteiger partial charge in [0.2, 0.25) is 5.91 Å². The molecule has 2 aliphatic rings. The van der Waals surface area contributed by atoms with Crippen LogP contribution in [0, 0.1) is 12.8 Å². The normalized spacial score (nSPS) is 26.0. The molecule has 128 valence electrons. The second-order valence-electron chi connectivity index (χ2n) is 6.56. The maximum atomic E-state index is 12.2. The Morgan fingerprint density at radius 1 is 1.26 bits per heavy atom. The second-order valence-corrected chi connectivity index (χ2v) is 6.56. The van der Waals surface area contributed by atoms with E-state index in [1.165, 1.54) is 31.2 Å². The first-order chi connectivity index (χ1) is 10.7. The number of carbonyl (C=O) groups is 1. The van der Waals surface area contributed by atoms with Crippen molar-refractivity contribution in [3.63, 3.8) is 0 Å². The third kappa shape index (κ3) is 4.85. The van der Waals surface area contributed by atoms with E-state index in [9.17, 15) is 4.79 Å². The van der Waals surface area contributed by atoms with E-state index in [2.05, 4.69) is 17.6 Å². The van der Waals surface area contributed by atoms with Gasteiger partial charge < -0.3 is 15.4 Å². The van der Waals surface area contributed by atoms with Crippen molar-refractivity contribution in [2.24, 2.45) is 5.92 Å². The third-order valence-electron chi connectivity index (χ3n) is 4.87. The highest BCUT2D eigenvalue weighted by Gasteiger charge is 2.37. The number of aryl methyl sites for hydroxylation is 1. The van der Waals surface area contributed by atoms with Gasteiger partial charge in [0.1, 0.15) is 12.4 Å². The van der Waals surface area contributed by atoms with Gasteiger partial charge in [-0.3, -0.25) is 4.79 Å². The number of ether oxygens (including phenoxy) is 1. The van der Waals surface area contributed by atoms with E-state index in [0.717, 1.165) is 12.2 Å². The van der Waals surface area contributed by atoms with Crippen LogP contribution in [-0.4, -0.2) is 31.1 Å². The Morgan fingerprint density at radius 3 is 2.74 bits per heavy atom. The fourth-order valence-electron chi connectivity index (χ4n) is 3.62. The Labute approximate surface area is 144 Å². The van der Waals surface area contributed by atoms with Crippen LogP contribution >= 0.6 is 12.4 Å². The van der Waals surface area contributed by atoms with Crippen molar-refractivity contribution in [3.8, 4) is 5.75 Å². The van der Waals surface area contributed by atoms with Gasteiger partial charge in [0, 0.05) is 6.04 Å². The molecule has 0 aromatic heterocycles. The van der Waals surface area contributed by atoms with E-state index in [-0.39, 0.29) is 24.4 Å². The van der Waals surface area contributed by atoms with Gasteiger partial charge in [0.25, 0.3) is 0 Å². The number of hydrogen-bond acceptors (Lipinski definition) is 3. The first-order valence-corrected chi connectivity index (χ1v) is 8.45. The van der Waals surface area contributed by atoms with Gasteiger partial charge >= 0.3 is 0 Å². The minimum absolute atomic E-state index is 0. The molecule has 1 aliphatic heterocycles. The molecule has 3 atom stereocenters. The third-order valence-corrected chi connectivity index (χ3v) is 4.87. The summed E-state index contributed by atoms with van der Waals surface area (Å²) in [5.41, 5.74) is 1.22. The predicted molar refractivity (Wildman–Crippen MR) is 94.2 cm³/mol. The Hall–Kier alpha value is -1.26. The van der Waals surface area contributed by atoms with Gasteiger partial charge in [-0.1, -0.05) is 30.5 Å². The molecular weight excluding hydrogens is 312 g/mol. The smallest absolute Gasteiger partial charge is 0.237 e. The summed E-state index contributed by atoms with van der Waals surface area (Å²) in [6.45, 7) is 3.12. The predicted octanol–water partition coefficient (Wildman–Crippen LogP) is 2.83. The molecular formula is C18H27ClN2O2. The number of carbonyl (C=O) groups excluding carboxylic acids is 1. The lowest BCUT2D eigenvalue weighted by Crippen LogP contribution is -2.44.